The lowest BCUT2D eigenvalue weighted by molar-refractivity contribution is 0.0666. The number of Topliss-reactive ketones (excluding diaryl/α,β-unsaturated/α-hetero) is 1. The summed E-state index contributed by atoms with van der Waals surface area (Å²) in [7, 11) is 5.34. The molecule has 0 bridgehead atoms. The van der Waals surface area contributed by atoms with Crippen molar-refractivity contribution in [3.05, 3.63) is 59.7 Å². The molecule has 4 nitrogen and oxygen atoms in total. The summed E-state index contributed by atoms with van der Waals surface area (Å²) in [6, 6.07) is 14.8. The fourth-order valence-electron chi connectivity index (χ4n) is 3.06. The van der Waals surface area contributed by atoms with Crippen LogP contribution in [0, 0.1) is 0 Å². The molecule has 128 valence electrons. The van der Waals surface area contributed by atoms with Crippen LogP contribution >= 0.6 is 0 Å². The minimum absolute atomic E-state index is 0.0251. The van der Waals surface area contributed by atoms with Crippen LogP contribution in [-0.2, 0) is 6.42 Å². The summed E-state index contributed by atoms with van der Waals surface area (Å²) in [6.45, 7) is 2.03. The van der Waals surface area contributed by atoms with E-state index in [0.29, 0.717) is 24.2 Å². The third kappa shape index (κ3) is 3.44. The summed E-state index contributed by atoms with van der Waals surface area (Å²) in [5.74, 6) is 0.366. The molecule has 0 aliphatic heterocycles. The zero-order valence-corrected chi connectivity index (χ0v) is 14.7. The molecule has 0 heterocycles. The average Bonchev–Trinajstić information content (AvgIpc) is 2.60. The number of hydrogen-bond donors (Lipinski definition) is 1. The van der Waals surface area contributed by atoms with E-state index in [0.717, 1.165) is 5.56 Å². The minimum Gasteiger partial charge on any atom is -0.504 e. The van der Waals surface area contributed by atoms with Gasteiger partial charge in [-0.25, -0.2) is 0 Å². The lowest BCUT2D eigenvalue weighted by Gasteiger charge is -2.38. The number of methoxy groups -OCH3 is 1. The molecule has 0 aliphatic rings. The normalized spacial score (nSPS) is 13.5. The smallest absolute Gasteiger partial charge is 0.183 e. The van der Waals surface area contributed by atoms with E-state index in [-0.39, 0.29) is 11.5 Å². The number of hydrogen-bond acceptors (Lipinski definition) is 4. The van der Waals surface area contributed by atoms with Gasteiger partial charge in [0, 0.05) is 5.56 Å². The lowest BCUT2D eigenvalue weighted by Crippen LogP contribution is -2.52. The number of carbonyl (C=O) groups excluding carboxylic acids is 1. The fraction of sp³-hybridized carbons (Fsp3) is 0.350. The molecule has 0 aliphatic carbocycles. The van der Waals surface area contributed by atoms with Crippen molar-refractivity contribution in [2.75, 3.05) is 21.2 Å². The van der Waals surface area contributed by atoms with E-state index >= 15 is 0 Å². The summed E-state index contributed by atoms with van der Waals surface area (Å²) in [5, 5.41) is 9.77. The van der Waals surface area contributed by atoms with Crippen LogP contribution in [0.1, 0.15) is 29.3 Å². The summed E-state index contributed by atoms with van der Waals surface area (Å²) in [4.78, 5) is 15.3. The Labute approximate surface area is 143 Å². The van der Waals surface area contributed by atoms with E-state index in [9.17, 15) is 9.90 Å². The Balaban J connectivity index is 2.45. The van der Waals surface area contributed by atoms with Gasteiger partial charge in [0.25, 0.3) is 0 Å². The number of rotatable bonds is 7. The first kappa shape index (κ1) is 18.0. The Hall–Kier alpha value is -2.33. The Bertz CT molecular complexity index is 697. The van der Waals surface area contributed by atoms with Crippen LogP contribution in [0.5, 0.6) is 11.5 Å². The first-order chi connectivity index (χ1) is 11.4. The molecule has 2 aromatic rings. The highest BCUT2D eigenvalue weighted by atomic mass is 16.5. The van der Waals surface area contributed by atoms with Crippen molar-refractivity contribution in [1.29, 1.82) is 0 Å². The summed E-state index contributed by atoms with van der Waals surface area (Å²) >= 11 is 0. The fourth-order valence-corrected chi connectivity index (χ4v) is 3.06. The van der Waals surface area contributed by atoms with E-state index in [2.05, 4.69) is 0 Å². The third-order valence-electron chi connectivity index (χ3n) is 4.64. The van der Waals surface area contributed by atoms with Gasteiger partial charge in [0.15, 0.2) is 17.3 Å². The van der Waals surface area contributed by atoms with Crippen molar-refractivity contribution < 1.29 is 14.6 Å². The SMILES string of the molecule is CCC(Cc1ccccc1)(C(=O)c1ccc(O)c(OC)c1)N(C)C. The van der Waals surface area contributed by atoms with Crippen LogP contribution in [-0.4, -0.2) is 42.5 Å². The predicted octanol–water partition coefficient (Wildman–Crippen LogP) is 3.54. The molecule has 0 amide bonds. The largest absolute Gasteiger partial charge is 0.504 e. The third-order valence-corrected chi connectivity index (χ3v) is 4.64. The van der Waals surface area contributed by atoms with Crippen LogP contribution in [0.4, 0.5) is 0 Å². The highest BCUT2D eigenvalue weighted by Gasteiger charge is 2.39. The highest BCUT2D eigenvalue weighted by Crippen LogP contribution is 2.32. The molecule has 4 heteroatoms. The number of ketones is 1. The molecule has 2 aromatic carbocycles. The van der Waals surface area contributed by atoms with Gasteiger partial charge in [-0.15, -0.1) is 0 Å². The van der Waals surface area contributed by atoms with Gasteiger partial charge in [0.1, 0.15) is 0 Å². The van der Waals surface area contributed by atoms with Crippen LogP contribution in [0.25, 0.3) is 0 Å². The second-order valence-corrected chi connectivity index (χ2v) is 6.16. The monoisotopic (exact) mass is 327 g/mol. The Morgan fingerprint density at radius 1 is 1.17 bits per heavy atom. The number of aromatic hydroxyl groups is 1. The molecule has 1 atom stereocenters. The average molecular weight is 327 g/mol. The van der Waals surface area contributed by atoms with Crippen molar-refractivity contribution in [3.8, 4) is 11.5 Å². The molecule has 0 saturated carbocycles. The molecular formula is C20H25NO3. The van der Waals surface area contributed by atoms with Gasteiger partial charge >= 0.3 is 0 Å². The van der Waals surface area contributed by atoms with E-state index in [1.807, 2.05) is 56.3 Å². The maximum absolute atomic E-state index is 13.3. The molecule has 0 radical (unpaired) electrons. The number of carbonyl (C=O) groups is 1. The van der Waals surface area contributed by atoms with Gasteiger partial charge in [0.05, 0.1) is 12.6 Å². The van der Waals surface area contributed by atoms with Gasteiger partial charge in [-0.3, -0.25) is 9.69 Å². The van der Waals surface area contributed by atoms with Crippen molar-refractivity contribution in [1.82, 2.24) is 4.90 Å². The highest BCUT2D eigenvalue weighted by molar-refractivity contribution is 6.03. The maximum atomic E-state index is 13.3. The quantitative estimate of drug-likeness (QED) is 0.790. The van der Waals surface area contributed by atoms with E-state index in [1.165, 1.54) is 13.2 Å². The minimum atomic E-state index is -0.649. The van der Waals surface area contributed by atoms with Gasteiger partial charge in [-0.05, 0) is 50.7 Å². The second-order valence-electron chi connectivity index (χ2n) is 6.16. The molecule has 24 heavy (non-hydrogen) atoms. The number of likely N-dealkylation sites (N-methyl/N-ethyl adjacent to an activating group) is 1. The van der Waals surface area contributed by atoms with Crippen molar-refractivity contribution in [2.24, 2.45) is 0 Å². The molecule has 1 unspecified atom stereocenters. The summed E-state index contributed by atoms with van der Waals surface area (Å²) in [5.41, 5.74) is 1.01. The standard InChI is InChI=1S/C20H25NO3/c1-5-20(21(2)3,14-15-9-7-6-8-10-15)19(23)16-11-12-17(22)18(13-16)24-4/h6-13,22H,5,14H2,1-4H3. The van der Waals surface area contributed by atoms with E-state index in [1.54, 1.807) is 12.1 Å². The number of phenols is 1. The predicted molar refractivity (Wildman–Crippen MR) is 95.8 cm³/mol. The second kappa shape index (κ2) is 7.49. The van der Waals surface area contributed by atoms with Crippen LogP contribution in [0.2, 0.25) is 0 Å². The van der Waals surface area contributed by atoms with Crippen molar-refractivity contribution >= 4 is 5.78 Å². The van der Waals surface area contributed by atoms with Crippen LogP contribution < -0.4 is 4.74 Å². The number of nitrogens with zero attached hydrogens (tertiary/aromatic N) is 1. The Morgan fingerprint density at radius 2 is 1.83 bits per heavy atom. The van der Waals surface area contributed by atoms with Gasteiger partial charge in [-0.1, -0.05) is 37.3 Å². The number of ether oxygens (including phenoxy) is 1. The molecule has 2 rings (SSSR count). The summed E-state index contributed by atoms with van der Waals surface area (Å²) in [6.07, 6.45) is 1.30. The molecule has 1 N–H and O–H groups in total. The lowest BCUT2D eigenvalue weighted by atomic mass is 9.80. The first-order valence-corrected chi connectivity index (χ1v) is 8.07. The summed E-state index contributed by atoms with van der Waals surface area (Å²) < 4.78 is 5.15. The van der Waals surface area contributed by atoms with Crippen LogP contribution in [0.15, 0.2) is 48.5 Å². The zero-order chi connectivity index (χ0) is 17.7. The Morgan fingerprint density at radius 3 is 2.38 bits per heavy atom. The van der Waals surface area contributed by atoms with Crippen molar-refractivity contribution in [2.45, 2.75) is 25.3 Å². The maximum Gasteiger partial charge on any atom is 0.183 e. The first-order valence-electron chi connectivity index (χ1n) is 8.07. The number of benzene rings is 2. The van der Waals surface area contributed by atoms with Crippen molar-refractivity contribution in [3.63, 3.8) is 0 Å². The van der Waals surface area contributed by atoms with Gasteiger partial charge < -0.3 is 9.84 Å². The molecule has 0 fully saturated rings. The number of phenolic OH excluding ortho intramolecular Hbond substituents is 1. The van der Waals surface area contributed by atoms with Gasteiger partial charge in [-0.2, -0.15) is 0 Å². The molecular weight excluding hydrogens is 302 g/mol. The Kier molecular flexibility index (Phi) is 5.62. The molecule has 0 saturated heterocycles. The van der Waals surface area contributed by atoms with Crippen LogP contribution in [0.3, 0.4) is 0 Å². The zero-order valence-electron chi connectivity index (χ0n) is 14.7. The van der Waals surface area contributed by atoms with E-state index in [4.69, 9.17) is 4.74 Å². The molecule has 0 spiro atoms. The van der Waals surface area contributed by atoms with E-state index < -0.39 is 5.54 Å². The molecule has 0 aromatic heterocycles. The topological polar surface area (TPSA) is 49.8 Å². The van der Waals surface area contributed by atoms with Gasteiger partial charge in [0.2, 0.25) is 0 Å².